The SMILES string of the molecule is C=CC(=O)NCCSCCCCCO[C@@H]1O[C@H](CO)[C@@H](O[C@H]2O[C@H](CO)[C@@H](O[C@H]3O[C@H](CO)[C@@H](O[C@H]4O[C@H](COCc5ccc6ccccc6c5)[C@@H](O)[C@H](O)[C@H]4O)[C@H](O)[C@H]3O)[C@H](O)[C@H]2O)[C@H](O)[C@H]1O. The number of nitrogens with one attached hydrogen (secondary N) is 1. The molecule has 0 unspecified atom stereocenters. The molecule has 0 bridgehead atoms. The number of aliphatic hydroxyl groups is 12. The molecule has 13 N–H and O–H groups in total. The quantitative estimate of drug-likeness (QED) is 0.0351. The number of carbonyl (C=O) groups excluding carboxylic acids is 1. The van der Waals surface area contributed by atoms with Crippen molar-refractivity contribution in [3.8, 4) is 0 Å². The van der Waals surface area contributed by atoms with Crippen LogP contribution in [0.3, 0.4) is 0 Å². The first-order valence-corrected chi connectivity index (χ1v) is 24.0. The van der Waals surface area contributed by atoms with Gasteiger partial charge in [0.05, 0.1) is 33.0 Å². The summed E-state index contributed by atoms with van der Waals surface area (Å²) in [5, 5.41) is 134. The molecule has 4 heterocycles. The Morgan fingerprint density at radius 1 is 0.594 bits per heavy atom. The van der Waals surface area contributed by atoms with E-state index in [-0.39, 0.29) is 25.7 Å². The summed E-state index contributed by atoms with van der Waals surface area (Å²) in [5.74, 6) is 1.36. The molecular weight excluding hydrogens is 939 g/mol. The minimum absolute atomic E-state index is 0.105. The summed E-state index contributed by atoms with van der Waals surface area (Å²) in [6, 6.07) is 13.4. The van der Waals surface area contributed by atoms with E-state index < -0.39 is 143 Å². The Morgan fingerprint density at radius 3 is 1.65 bits per heavy atom. The summed E-state index contributed by atoms with van der Waals surface area (Å²) in [6.45, 7) is 1.38. The molecule has 390 valence electrons. The predicted octanol–water partition coefficient (Wildman–Crippen LogP) is -4.14. The van der Waals surface area contributed by atoms with E-state index in [2.05, 4.69) is 11.9 Å². The fourth-order valence-electron chi connectivity index (χ4n) is 8.38. The van der Waals surface area contributed by atoms with Crippen LogP contribution in [0.5, 0.6) is 0 Å². The van der Waals surface area contributed by atoms with Crippen molar-refractivity contribution in [2.75, 3.05) is 51.1 Å². The van der Waals surface area contributed by atoms with Crippen LogP contribution in [0.1, 0.15) is 24.8 Å². The topological polar surface area (TPSA) is 355 Å². The summed E-state index contributed by atoms with van der Waals surface area (Å²) in [7, 11) is 0. The third-order valence-corrected chi connectivity index (χ3v) is 13.4. The number of hydrogen-bond acceptors (Lipinski definition) is 23. The number of carbonyl (C=O) groups is 1. The minimum Gasteiger partial charge on any atom is -0.394 e. The average Bonchev–Trinajstić information content (AvgIpc) is 3.36. The lowest BCUT2D eigenvalue weighted by atomic mass is 9.95. The number of fused-ring (bicyclic) bond motifs is 1. The van der Waals surface area contributed by atoms with Gasteiger partial charge in [0, 0.05) is 18.9 Å². The molecule has 24 heteroatoms. The standard InChI is InChI=1S/C45H67NO22S/c1-2-29(50)46-12-15-69-14-7-3-6-13-61-42-36(57)32(53)39(25(17-47)62-42)67-44-38(59)34(55)41(27(19-49)64-44)68-45-37(58)33(54)40(26(18-48)63-45)66-43-35(56)31(52)30(51)28(65-43)21-60-20-22-10-11-23-8-4-5-9-24(23)16-22/h2,4-5,8-11,16,25-28,30-45,47-49,51-59H,1,3,6-7,12-15,17-21H2,(H,46,50)/t25-,26-,27-,28-,30-,31+,32-,33-,34-,35-,36-,37-,38-,39-,40-,41-,42-,43-,44-,45-/m1/s1. The largest absolute Gasteiger partial charge is 0.394 e. The van der Waals surface area contributed by atoms with Crippen LogP contribution < -0.4 is 5.32 Å². The number of rotatable bonds is 24. The molecule has 2 aromatic rings. The molecule has 0 aliphatic carbocycles. The Bertz CT molecular complexity index is 1870. The third-order valence-electron chi connectivity index (χ3n) is 12.3. The number of amides is 1. The molecule has 0 spiro atoms. The van der Waals surface area contributed by atoms with E-state index in [0.29, 0.717) is 13.0 Å². The van der Waals surface area contributed by atoms with Crippen LogP contribution in [-0.2, 0) is 54.0 Å². The lowest BCUT2D eigenvalue weighted by Crippen LogP contribution is -2.67. The van der Waals surface area contributed by atoms with E-state index in [9.17, 15) is 66.1 Å². The fraction of sp³-hybridized carbons (Fsp3) is 0.711. The van der Waals surface area contributed by atoms with Gasteiger partial charge in [-0.25, -0.2) is 0 Å². The van der Waals surface area contributed by atoms with Gasteiger partial charge >= 0.3 is 0 Å². The average molecular weight is 1010 g/mol. The highest BCUT2D eigenvalue weighted by Gasteiger charge is 2.55. The number of aliphatic hydroxyl groups excluding tert-OH is 12. The van der Waals surface area contributed by atoms with Gasteiger partial charge < -0.3 is 109 Å². The monoisotopic (exact) mass is 1010 g/mol. The maximum Gasteiger partial charge on any atom is 0.243 e. The third kappa shape index (κ3) is 14.1. The normalized spacial score (nSPS) is 38.5. The summed E-state index contributed by atoms with van der Waals surface area (Å²) in [4.78, 5) is 11.2. The number of hydrogen-bond donors (Lipinski definition) is 13. The lowest BCUT2D eigenvalue weighted by molar-refractivity contribution is -0.388. The van der Waals surface area contributed by atoms with Crippen molar-refractivity contribution in [3.63, 3.8) is 0 Å². The van der Waals surface area contributed by atoms with Crippen LogP contribution in [0.15, 0.2) is 55.1 Å². The van der Waals surface area contributed by atoms with Crippen molar-refractivity contribution in [2.45, 2.75) is 149 Å². The second kappa shape index (κ2) is 26.9. The van der Waals surface area contributed by atoms with E-state index >= 15 is 0 Å². The van der Waals surface area contributed by atoms with Gasteiger partial charge in [0.2, 0.25) is 5.91 Å². The molecule has 0 saturated carbocycles. The van der Waals surface area contributed by atoms with E-state index in [1.54, 1.807) is 11.8 Å². The van der Waals surface area contributed by atoms with Crippen LogP contribution in [0.25, 0.3) is 10.8 Å². The van der Waals surface area contributed by atoms with Gasteiger partial charge in [0.25, 0.3) is 0 Å². The van der Waals surface area contributed by atoms with Crippen molar-refractivity contribution in [2.24, 2.45) is 0 Å². The Labute approximate surface area is 402 Å². The first-order valence-electron chi connectivity index (χ1n) is 22.9. The molecule has 6 rings (SSSR count). The van der Waals surface area contributed by atoms with E-state index in [0.717, 1.165) is 40.7 Å². The zero-order valence-electron chi connectivity index (χ0n) is 37.7. The van der Waals surface area contributed by atoms with Crippen LogP contribution in [0.2, 0.25) is 0 Å². The van der Waals surface area contributed by atoms with Crippen LogP contribution in [0.4, 0.5) is 0 Å². The molecule has 4 fully saturated rings. The Hall–Kier alpha value is -2.58. The highest BCUT2D eigenvalue weighted by atomic mass is 32.2. The zero-order chi connectivity index (χ0) is 49.8. The molecule has 4 aliphatic rings. The van der Waals surface area contributed by atoms with Gasteiger partial charge in [-0.2, -0.15) is 11.8 Å². The summed E-state index contributed by atoms with van der Waals surface area (Å²) < 4.78 is 51.6. The van der Waals surface area contributed by atoms with Crippen molar-refractivity contribution < 1.29 is 109 Å². The summed E-state index contributed by atoms with van der Waals surface area (Å²) >= 11 is 1.67. The second-order valence-corrected chi connectivity index (χ2v) is 18.4. The first kappa shape index (κ1) is 55.7. The van der Waals surface area contributed by atoms with Gasteiger partial charge in [-0.1, -0.05) is 49.4 Å². The smallest absolute Gasteiger partial charge is 0.243 e. The second-order valence-electron chi connectivity index (χ2n) is 17.2. The van der Waals surface area contributed by atoms with Crippen molar-refractivity contribution in [3.05, 3.63) is 60.7 Å². The number of ether oxygens (including phenoxy) is 9. The van der Waals surface area contributed by atoms with Gasteiger partial charge in [0.15, 0.2) is 25.2 Å². The van der Waals surface area contributed by atoms with E-state index in [1.165, 1.54) is 6.08 Å². The molecule has 2 aromatic carbocycles. The first-order chi connectivity index (χ1) is 33.2. The van der Waals surface area contributed by atoms with E-state index in [1.807, 2.05) is 42.5 Å². The van der Waals surface area contributed by atoms with E-state index in [4.69, 9.17) is 42.6 Å². The summed E-state index contributed by atoms with van der Waals surface area (Å²) in [5.41, 5.74) is 0.814. The highest BCUT2D eigenvalue weighted by molar-refractivity contribution is 7.99. The van der Waals surface area contributed by atoms with Crippen molar-refractivity contribution in [1.29, 1.82) is 0 Å². The van der Waals surface area contributed by atoms with Gasteiger partial charge in [-0.15, -0.1) is 0 Å². The minimum atomic E-state index is -2.03. The van der Waals surface area contributed by atoms with Crippen LogP contribution in [-0.4, -0.2) is 241 Å². The Morgan fingerprint density at radius 2 is 1.10 bits per heavy atom. The maximum absolute atomic E-state index is 11.3. The van der Waals surface area contributed by atoms with Crippen molar-refractivity contribution >= 4 is 28.4 Å². The highest BCUT2D eigenvalue weighted by Crippen LogP contribution is 2.35. The molecule has 1 amide bonds. The number of benzene rings is 2. The molecular formula is C45H67NO22S. The Kier molecular flexibility index (Phi) is 21.7. The predicted molar refractivity (Wildman–Crippen MR) is 239 cm³/mol. The van der Waals surface area contributed by atoms with Crippen LogP contribution in [0, 0.1) is 0 Å². The lowest BCUT2D eigenvalue weighted by Gasteiger charge is -2.49. The van der Waals surface area contributed by atoms with Crippen LogP contribution >= 0.6 is 11.8 Å². The van der Waals surface area contributed by atoms with Gasteiger partial charge in [-0.3, -0.25) is 4.79 Å². The summed E-state index contributed by atoms with van der Waals surface area (Å²) in [6.07, 6.45) is -30.8. The molecule has 69 heavy (non-hydrogen) atoms. The number of unbranched alkanes of at least 4 members (excludes halogenated alkanes) is 2. The molecule has 23 nitrogen and oxygen atoms in total. The molecule has 4 saturated heterocycles. The van der Waals surface area contributed by atoms with Crippen molar-refractivity contribution in [1.82, 2.24) is 5.32 Å². The fourth-order valence-corrected chi connectivity index (χ4v) is 9.24. The molecule has 4 aliphatic heterocycles. The zero-order valence-corrected chi connectivity index (χ0v) is 38.5. The molecule has 20 atom stereocenters. The molecule has 0 radical (unpaired) electrons. The number of thioether (sulfide) groups is 1. The van der Waals surface area contributed by atoms with Gasteiger partial charge in [-0.05, 0) is 47.1 Å². The maximum atomic E-state index is 11.3. The van der Waals surface area contributed by atoms with Gasteiger partial charge in [0.1, 0.15) is 97.7 Å². The molecule has 0 aromatic heterocycles. The Balaban J connectivity index is 0.983.